The number of carbonyl (C=O) groups is 2. The standard InChI is InChI=1S/C18H20N2O3/c1-3-23-17(21)15-8-10-16(11-9-15)20-18(22)19-12-14-6-4-13(2)5-7-14/h4-11H,3,12H2,1-2H3,(H2,19,20,22). The third-order valence-corrected chi connectivity index (χ3v) is 3.23. The summed E-state index contributed by atoms with van der Waals surface area (Å²) >= 11 is 0. The van der Waals surface area contributed by atoms with Gasteiger partial charge in [0.15, 0.2) is 0 Å². The van der Waals surface area contributed by atoms with Gasteiger partial charge in [-0.3, -0.25) is 0 Å². The van der Waals surface area contributed by atoms with Gasteiger partial charge in [0.2, 0.25) is 0 Å². The summed E-state index contributed by atoms with van der Waals surface area (Å²) in [5.74, 6) is -0.372. The molecule has 0 atom stereocenters. The molecule has 5 heteroatoms. The SMILES string of the molecule is CCOC(=O)c1ccc(NC(=O)NCc2ccc(C)cc2)cc1. The fourth-order valence-corrected chi connectivity index (χ4v) is 1.97. The van der Waals surface area contributed by atoms with Gasteiger partial charge in [0, 0.05) is 12.2 Å². The zero-order valence-electron chi connectivity index (χ0n) is 13.3. The minimum Gasteiger partial charge on any atom is -0.462 e. The van der Waals surface area contributed by atoms with Gasteiger partial charge < -0.3 is 15.4 Å². The summed E-state index contributed by atoms with van der Waals surface area (Å²) in [5, 5.41) is 5.50. The minimum atomic E-state index is -0.372. The lowest BCUT2D eigenvalue weighted by Crippen LogP contribution is -2.28. The molecule has 0 aliphatic carbocycles. The second-order valence-corrected chi connectivity index (χ2v) is 5.09. The van der Waals surface area contributed by atoms with Gasteiger partial charge in [-0.1, -0.05) is 29.8 Å². The number of hydrogen-bond donors (Lipinski definition) is 2. The van der Waals surface area contributed by atoms with Crippen LogP contribution in [0.15, 0.2) is 48.5 Å². The second kappa shape index (κ2) is 7.98. The van der Waals surface area contributed by atoms with Crippen LogP contribution in [0.3, 0.4) is 0 Å². The maximum Gasteiger partial charge on any atom is 0.338 e. The van der Waals surface area contributed by atoms with Gasteiger partial charge in [-0.25, -0.2) is 9.59 Å². The summed E-state index contributed by atoms with van der Waals surface area (Å²) in [7, 11) is 0. The Morgan fingerprint density at radius 3 is 2.26 bits per heavy atom. The Kier molecular flexibility index (Phi) is 5.74. The summed E-state index contributed by atoms with van der Waals surface area (Å²) in [6.07, 6.45) is 0. The quantitative estimate of drug-likeness (QED) is 0.830. The molecule has 120 valence electrons. The van der Waals surface area contributed by atoms with E-state index in [-0.39, 0.29) is 12.0 Å². The number of nitrogens with one attached hydrogen (secondary N) is 2. The highest BCUT2D eigenvalue weighted by atomic mass is 16.5. The van der Waals surface area contributed by atoms with Gasteiger partial charge in [0.05, 0.1) is 12.2 Å². The van der Waals surface area contributed by atoms with Crippen molar-refractivity contribution in [1.82, 2.24) is 5.32 Å². The van der Waals surface area contributed by atoms with Crippen LogP contribution in [0.4, 0.5) is 10.5 Å². The molecular weight excluding hydrogens is 292 g/mol. The van der Waals surface area contributed by atoms with Crippen molar-refractivity contribution in [3.63, 3.8) is 0 Å². The molecule has 0 saturated carbocycles. The first-order valence-electron chi connectivity index (χ1n) is 7.46. The van der Waals surface area contributed by atoms with E-state index in [0.717, 1.165) is 5.56 Å². The Morgan fingerprint density at radius 1 is 1.00 bits per heavy atom. The summed E-state index contributed by atoms with van der Waals surface area (Å²) in [6, 6.07) is 14.2. The van der Waals surface area contributed by atoms with Gasteiger partial charge >= 0.3 is 12.0 Å². The van der Waals surface area contributed by atoms with E-state index in [1.807, 2.05) is 31.2 Å². The summed E-state index contributed by atoms with van der Waals surface area (Å²) in [5.41, 5.74) is 3.28. The number of benzene rings is 2. The number of rotatable bonds is 5. The number of urea groups is 1. The molecule has 2 rings (SSSR count). The largest absolute Gasteiger partial charge is 0.462 e. The predicted octanol–water partition coefficient (Wildman–Crippen LogP) is 3.49. The molecule has 0 bridgehead atoms. The van der Waals surface area contributed by atoms with Crippen molar-refractivity contribution in [2.45, 2.75) is 20.4 Å². The molecule has 0 saturated heterocycles. The van der Waals surface area contributed by atoms with E-state index >= 15 is 0 Å². The number of anilines is 1. The van der Waals surface area contributed by atoms with Gasteiger partial charge in [-0.05, 0) is 43.7 Å². The number of esters is 1. The van der Waals surface area contributed by atoms with Crippen LogP contribution in [0.2, 0.25) is 0 Å². The number of carbonyl (C=O) groups excluding carboxylic acids is 2. The topological polar surface area (TPSA) is 67.4 Å². The predicted molar refractivity (Wildman–Crippen MR) is 89.4 cm³/mol. The Bertz CT molecular complexity index is 664. The molecule has 0 radical (unpaired) electrons. The molecule has 2 amide bonds. The lowest BCUT2D eigenvalue weighted by Gasteiger charge is -2.08. The van der Waals surface area contributed by atoms with Crippen LogP contribution in [0.5, 0.6) is 0 Å². The molecular formula is C18H20N2O3. The van der Waals surface area contributed by atoms with E-state index < -0.39 is 0 Å². The van der Waals surface area contributed by atoms with E-state index in [0.29, 0.717) is 24.4 Å². The molecule has 0 heterocycles. The normalized spacial score (nSPS) is 10.0. The van der Waals surface area contributed by atoms with Crippen LogP contribution in [-0.2, 0) is 11.3 Å². The third kappa shape index (κ3) is 5.14. The van der Waals surface area contributed by atoms with Crippen LogP contribution in [0.1, 0.15) is 28.4 Å². The van der Waals surface area contributed by atoms with Crippen molar-refractivity contribution in [3.8, 4) is 0 Å². The molecule has 0 aliphatic heterocycles. The molecule has 2 aromatic carbocycles. The zero-order valence-corrected chi connectivity index (χ0v) is 13.3. The van der Waals surface area contributed by atoms with Crippen LogP contribution in [-0.4, -0.2) is 18.6 Å². The average Bonchev–Trinajstić information content (AvgIpc) is 2.55. The van der Waals surface area contributed by atoms with Crippen molar-refractivity contribution in [3.05, 3.63) is 65.2 Å². The molecule has 2 N–H and O–H groups in total. The number of ether oxygens (including phenoxy) is 1. The molecule has 0 spiro atoms. The Balaban J connectivity index is 1.85. The Hall–Kier alpha value is -2.82. The third-order valence-electron chi connectivity index (χ3n) is 3.23. The molecule has 0 unspecified atom stereocenters. The minimum absolute atomic E-state index is 0.297. The molecule has 0 aliphatic rings. The van der Waals surface area contributed by atoms with E-state index in [9.17, 15) is 9.59 Å². The fraction of sp³-hybridized carbons (Fsp3) is 0.222. The zero-order chi connectivity index (χ0) is 16.7. The van der Waals surface area contributed by atoms with Crippen molar-refractivity contribution in [2.75, 3.05) is 11.9 Å². The van der Waals surface area contributed by atoms with Crippen LogP contribution < -0.4 is 10.6 Å². The first-order chi connectivity index (χ1) is 11.1. The van der Waals surface area contributed by atoms with E-state index in [4.69, 9.17) is 4.74 Å². The maximum absolute atomic E-state index is 11.9. The molecule has 0 fully saturated rings. The van der Waals surface area contributed by atoms with Gasteiger partial charge in [-0.15, -0.1) is 0 Å². The van der Waals surface area contributed by atoms with Gasteiger partial charge in [0.1, 0.15) is 0 Å². The second-order valence-electron chi connectivity index (χ2n) is 5.09. The van der Waals surface area contributed by atoms with Crippen molar-refractivity contribution in [1.29, 1.82) is 0 Å². The van der Waals surface area contributed by atoms with Gasteiger partial charge in [0.25, 0.3) is 0 Å². The maximum atomic E-state index is 11.9. The average molecular weight is 312 g/mol. The van der Waals surface area contributed by atoms with Crippen molar-refractivity contribution >= 4 is 17.7 Å². The number of aryl methyl sites for hydroxylation is 1. The smallest absolute Gasteiger partial charge is 0.338 e. The van der Waals surface area contributed by atoms with Crippen LogP contribution in [0, 0.1) is 6.92 Å². The molecule has 2 aromatic rings. The van der Waals surface area contributed by atoms with Crippen LogP contribution in [0.25, 0.3) is 0 Å². The summed E-state index contributed by atoms with van der Waals surface area (Å²) < 4.78 is 4.91. The molecule has 5 nitrogen and oxygen atoms in total. The molecule has 23 heavy (non-hydrogen) atoms. The highest BCUT2D eigenvalue weighted by Crippen LogP contribution is 2.10. The highest BCUT2D eigenvalue weighted by molar-refractivity contribution is 5.92. The lowest BCUT2D eigenvalue weighted by molar-refractivity contribution is 0.0526. The monoisotopic (exact) mass is 312 g/mol. The highest BCUT2D eigenvalue weighted by Gasteiger charge is 2.07. The van der Waals surface area contributed by atoms with Crippen molar-refractivity contribution < 1.29 is 14.3 Å². The fourth-order valence-electron chi connectivity index (χ4n) is 1.97. The lowest BCUT2D eigenvalue weighted by atomic mass is 10.1. The number of amides is 2. The first kappa shape index (κ1) is 16.5. The Morgan fingerprint density at radius 2 is 1.65 bits per heavy atom. The van der Waals surface area contributed by atoms with Gasteiger partial charge in [-0.2, -0.15) is 0 Å². The summed E-state index contributed by atoms with van der Waals surface area (Å²) in [6.45, 7) is 4.56. The van der Waals surface area contributed by atoms with E-state index in [2.05, 4.69) is 10.6 Å². The number of hydrogen-bond acceptors (Lipinski definition) is 3. The van der Waals surface area contributed by atoms with E-state index in [1.54, 1.807) is 31.2 Å². The molecule has 0 aromatic heterocycles. The first-order valence-corrected chi connectivity index (χ1v) is 7.46. The van der Waals surface area contributed by atoms with Crippen molar-refractivity contribution in [2.24, 2.45) is 0 Å². The Labute approximate surface area is 135 Å². The van der Waals surface area contributed by atoms with E-state index in [1.165, 1.54) is 5.56 Å². The van der Waals surface area contributed by atoms with Crippen LogP contribution >= 0.6 is 0 Å². The summed E-state index contributed by atoms with van der Waals surface area (Å²) in [4.78, 5) is 23.4.